The second-order valence-corrected chi connectivity index (χ2v) is 7.62. The quantitative estimate of drug-likeness (QED) is 0.512. The molecule has 3 rings (SSSR count). The van der Waals surface area contributed by atoms with E-state index in [4.69, 9.17) is 14.2 Å². The highest BCUT2D eigenvalue weighted by Crippen LogP contribution is 2.41. The Morgan fingerprint density at radius 2 is 1.63 bits per heavy atom. The molecule has 0 aliphatic carbocycles. The summed E-state index contributed by atoms with van der Waals surface area (Å²) in [5.41, 5.74) is 2.94. The zero-order chi connectivity index (χ0) is 21.9. The van der Waals surface area contributed by atoms with Crippen LogP contribution >= 0.6 is 0 Å². The standard InChI is InChI=1S/C23H30N2O5/c1-6-24-11-12-25(2,27)23(26)19(24)13-16-7-9-17(10-8-16)18-14-20(28-3)22(30-5)21(15-18)29-4/h7-10,14-15,19H,6,11-13H2,1-5H3. The van der Waals surface area contributed by atoms with E-state index in [0.717, 1.165) is 23.2 Å². The number of hydrogen-bond donors (Lipinski definition) is 0. The van der Waals surface area contributed by atoms with Crippen molar-refractivity contribution < 1.29 is 23.7 Å². The molecule has 1 fully saturated rings. The molecule has 1 saturated heterocycles. The lowest BCUT2D eigenvalue weighted by Crippen LogP contribution is -2.63. The van der Waals surface area contributed by atoms with Gasteiger partial charge in [-0.05, 0) is 35.4 Å². The van der Waals surface area contributed by atoms with Gasteiger partial charge in [-0.1, -0.05) is 31.2 Å². The Morgan fingerprint density at radius 1 is 1.03 bits per heavy atom. The Morgan fingerprint density at radius 3 is 2.13 bits per heavy atom. The molecule has 1 aliphatic heterocycles. The zero-order valence-electron chi connectivity index (χ0n) is 18.3. The molecule has 1 amide bonds. The van der Waals surface area contributed by atoms with Crippen molar-refractivity contribution >= 4 is 5.91 Å². The van der Waals surface area contributed by atoms with Crippen LogP contribution in [0.2, 0.25) is 0 Å². The van der Waals surface area contributed by atoms with Crippen molar-refractivity contribution in [3.05, 3.63) is 47.2 Å². The third-order valence-corrected chi connectivity index (χ3v) is 5.79. The van der Waals surface area contributed by atoms with Crippen LogP contribution in [-0.2, 0) is 11.2 Å². The number of likely N-dealkylation sites (N-methyl/N-ethyl adjacent to an activating group) is 2. The number of nitrogens with zero attached hydrogens (tertiary/aromatic N) is 2. The predicted octanol–water partition coefficient (Wildman–Crippen LogP) is 3.10. The van der Waals surface area contributed by atoms with E-state index in [1.807, 2.05) is 43.3 Å². The van der Waals surface area contributed by atoms with Crippen molar-refractivity contribution in [1.29, 1.82) is 0 Å². The number of piperazine rings is 1. The van der Waals surface area contributed by atoms with Crippen molar-refractivity contribution in [2.24, 2.45) is 0 Å². The van der Waals surface area contributed by atoms with Gasteiger partial charge in [-0.25, -0.2) is 4.79 Å². The third-order valence-electron chi connectivity index (χ3n) is 5.79. The first-order valence-corrected chi connectivity index (χ1v) is 10.1. The Balaban J connectivity index is 1.85. The lowest BCUT2D eigenvalue weighted by Gasteiger charge is -2.46. The largest absolute Gasteiger partial charge is 0.625 e. The fourth-order valence-electron chi connectivity index (χ4n) is 3.96. The number of benzene rings is 2. The van der Waals surface area contributed by atoms with Crippen molar-refractivity contribution in [2.45, 2.75) is 19.4 Å². The predicted molar refractivity (Wildman–Crippen MR) is 116 cm³/mol. The first-order chi connectivity index (χ1) is 14.3. The first kappa shape index (κ1) is 22.1. The summed E-state index contributed by atoms with van der Waals surface area (Å²) in [5.74, 6) is 1.47. The Kier molecular flexibility index (Phi) is 6.65. The molecule has 2 aromatic rings. The molecule has 2 atom stereocenters. The molecule has 0 saturated carbocycles. The number of quaternary nitrogens is 1. The van der Waals surface area contributed by atoms with E-state index >= 15 is 0 Å². The van der Waals surface area contributed by atoms with E-state index in [2.05, 4.69) is 4.90 Å². The van der Waals surface area contributed by atoms with Crippen LogP contribution in [0.5, 0.6) is 17.2 Å². The molecule has 162 valence electrons. The van der Waals surface area contributed by atoms with E-state index in [1.165, 1.54) is 7.05 Å². The van der Waals surface area contributed by atoms with E-state index in [-0.39, 0.29) is 5.91 Å². The number of methoxy groups -OCH3 is 3. The number of hydroxylamine groups is 3. The number of carbonyl (C=O) groups excluding carboxylic acids is 1. The summed E-state index contributed by atoms with van der Waals surface area (Å²) in [7, 11) is 6.21. The van der Waals surface area contributed by atoms with Gasteiger partial charge in [0.15, 0.2) is 11.5 Å². The fraction of sp³-hybridized carbons (Fsp3) is 0.435. The summed E-state index contributed by atoms with van der Waals surface area (Å²) in [6, 6.07) is 11.4. The van der Waals surface area contributed by atoms with Crippen molar-refractivity contribution in [3.8, 4) is 28.4 Å². The minimum absolute atomic E-state index is 0.267. The second-order valence-electron chi connectivity index (χ2n) is 7.62. The van der Waals surface area contributed by atoms with Crippen LogP contribution in [0.1, 0.15) is 12.5 Å². The minimum Gasteiger partial charge on any atom is -0.625 e. The lowest BCUT2D eigenvalue weighted by atomic mass is 9.98. The molecule has 2 unspecified atom stereocenters. The molecule has 0 N–H and O–H groups in total. The molecule has 0 radical (unpaired) electrons. The first-order valence-electron chi connectivity index (χ1n) is 10.1. The Hall–Kier alpha value is -2.61. The highest BCUT2D eigenvalue weighted by Gasteiger charge is 2.40. The summed E-state index contributed by atoms with van der Waals surface area (Å²) in [5, 5.41) is 12.5. The van der Waals surface area contributed by atoms with Crippen LogP contribution in [-0.4, -0.2) is 69.5 Å². The molecule has 7 nitrogen and oxygen atoms in total. The van der Waals surface area contributed by atoms with Crippen molar-refractivity contribution in [3.63, 3.8) is 0 Å². The summed E-state index contributed by atoms with van der Waals surface area (Å²) in [4.78, 5) is 14.8. The number of amides is 1. The van der Waals surface area contributed by atoms with Gasteiger partial charge in [-0.15, -0.1) is 0 Å². The maximum absolute atomic E-state index is 12.7. The minimum atomic E-state index is -0.801. The molecular weight excluding hydrogens is 384 g/mol. The molecule has 1 heterocycles. The van der Waals surface area contributed by atoms with Crippen molar-refractivity contribution in [1.82, 2.24) is 4.90 Å². The van der Waals surface area contributed by atoms with Gasteiger partial charge in [-0.3, -0.25) is 9.55 Å². The molecule has 1 aliphatic rings. The average molecular weight is 415 g/mol. The topological polar surface area (TPSA) is 71.1 Å². The van der Waals surface area contributed by atoms with E-state index < -0.39 is 10.7 Å². The van der Waals surface area contributed by atoms with Crippen LogP contribution < -0.4 is 14.2 Å². The Labute approximate surface area is 177 Å². The molecule has 30 heavy (non-hydrogen) atoms. The SMILES string of the molecule is CCN1CC[N+](C)([O-])C(=O)C1Cc1ccc(-c2cc(OC)c(OC)c(OC)c2)cc1. The number of carbonyl (C=O) groups is 1. The normalized spacial score (nSPS) is 22.1. The summed E-state index contributed by atoms with van der Waals surface area (Å²) < 4.78 is 15.5. The molecule has 7 heteroatoms. The summed E-state index contributed by atoms with van der Waals surface area (Å²) in [6.07, 6.45) is 0.526. The van der Waals surface area contributed by atoms with E-state index in [0.29, 0.717) is 36.8 Å². The smallest absolute Gasteiger partial charge is 0.331 e. The van der Waals surface area contributed by atoms with Crippen LogP contribution in [0.3, 0.4) is 0 Å². The number of rotatable bonds is 7. The Bertz CT molecular complexity index is 870. The number of ether oxygens (including phenoxy) is 3. The maximum atomic E-state index is 12.7. The van der Waals surface area contributed by atoms with Gasteiger partial charge >= 0.3 is 5.91 Å². The van der Waals surface area contributed by atoms with Crippen LogP contribution in [0.15, 0.2) is 36.4 Å². The number of hydrogen-bond acceptors (Lipinski definition) is 6. The van der Waals surface area contributed by atoms with Gasteiger partial charge in [0, 0.05) is 13.0 Å². The van der Waals surface area contributed by atoms with E-state index in [9.17, 15) is 10.0 Å². The maximum Gasteiger partial charge on any atom is 0.331 e. The van der Waals surface area contributed by atoms with Gasteiger partial charge in [0.1, 0.15) is 6.04 Å². The molecule has 0 bridgehead atoms. The zero-order valence-corrected chi connectivity index (χ0v) is 18.3. The fourth-order valence-corrected chi connectivity index (χ4v) is 3.96. The van der Waals surface area contributed by atoms with E-state index in [1.54, 1.807) is 21.3 Å². The highest BCUT2D eigenvalue weighted by atomic mass is 16.6. The summed E-state index contributed by atoms with van der Waals surface area (Å²) in [6.45, 7) is 3.72. The van der Waals surface area contributed by atoms with Gasteiger partial charge in [0.05, 0.1) is 34.9 Å². The van der Waals surface area contributed by atoms with Crippen molar-refractivity contribution in [2.75, 3.05) is 48.0 Å². The monoisotopic (exact) mass is 414 g/mol. The molecule has 2 aromatic carbocycles. The average Bonchev–Trinajstić information content (AvgIpc) is 2.76. The van der Waals surface area contributed by atoms with Crippen LogP contribution in [0, 0.1) is 5.21 Å². The molecular formula is C23H30N2O5. The summed E-state index contributed by atoms with van der Waals surface area (Å²) >= 11 is 0. The van der Waals surface area contributed by atoms with Gasteiger partial charge in [0.2, 0.25) is 5.75 Å². The van der Waals surface area contributed by atoms with Gasteiger partial charge in [-0.2, -0.15) is 0 Å². The molecule has 0 spiro atoms. The van der Waals surface area contributed by atoms with Gasteiger partial charge in [0.25, 0.3) is 0 Å². The highest BCUT2D eigenvalue weighted by molar-refractivity contribution is 5.77. The molecule has 0 aromatic heterocycles. The third kappa shape index (κ3) is 4.28. The van der Waals surface area contributed by atoms with Crippen LogP contribution in [0.25, 0.3) is 11.1 Å². The van der Waals surface area contributed by atoms with Crippen LogP contribution in [0.4, 0.5) is 0 Å². The van der Waals surface area contributed by atoms with Gasteiger partial charge < -0.3 is 19.4 Å². The lowest BCUT2D eigenvalue weighted by molar-refractivity contribution is -0.788. The second kappa shape index (κ2) is 9.04.